The summed E-state index contributed by atoms with van der Waals surface area (Å²) in [6.45, 7) is 2.13. The van der Waals surface area contributed by atoms with E-state index in [0.717, 1.165) is 22.0 Å². The number of methoxy groups -OCH3 is 2. The van der Waals surface area contributed by atoms with E-state index in [9.17, 15) is 4.79 Å². The molecule has 1 atom stereocenters. The lowest BCUT2D eigenvalue weighted by atomic mass is 10.2. The van der Waals surface area contributed by atoms with Gasteiger partial charge in [0.2, 0.25) is 5.91 Å². The van der Waals surface area contributed by atoms with Crippen LogP contribution in [-0.4, -0.2) is 24.7 Å². The molecule has 6 nitrogen and oxygen atoms in total. The van der Waals surface area contributed by atoms with E-state index < -0.39 is 0 Å². The smallest absolute Gasteiger partial charge is 0.240 e. The summed E-state index contributed by atoms with van der Waals surface area (Å²) in [4.78, 5) is 12.6. The first-order chi connectivity index (χ1) is 13.6. The van der Waals surface area contributed by atoms with Gasteiger partial charge in [0.25, 0.3) is 0 Å². The van der Waals surface area contributed by atoms with Crippen LogP contribution < -0.4 is 14.8 Å². The van der Waals surface area contributed by atoms with Crippen LogP contribution in [0.2, 0.25) is 0 Å². The Balaban J connectivity index is 1.49. The van der Waals surface area contributed by atoms with Crippen molar-refractivity contribution in [2.24, 2.45) is 0 Å². The third kappa shape index (κ3) is 3.29. The summed E-state index contributed by atoms with van der Waals surface area (Å²) in [7, 11) is 3.25. The lowest BCUT2D eigenvalue weighted by molar-refractivity contribution is -0.122. The van der Waals surface area contributed by atoms with Gasteiger partial charge in [-0.15, -0.1) is 0 Å². The second kappa shape index (κ2) is 7.31. The van der Waals surface area contributed by atoms with Crippen molar-refractivity contribution in [2.45, 2.75) is 19.5 Å². The minimum absolute atomic E-state index is 0.0896. The molecular formula is C22H22N2O4. The standard InChI is InChI=1S/C22H22N2O4/c1-14(20-12-16-5-4-6-19(27-3)22(16)28-20)23-21(25)13-24-10-9-15-11-17(26-2)7-8-18(15)24/h4-12,14H,13H2,1-3H3,(H,23,25). The van der Waals surface area contributed by atoms with Gasteiger partial charge in [0, 0.05) is 22.5 Å². The van der Waals surface area contributed by atoms with Gasteiger partial charge in [-0.3, -0.25) is 4.79 Å². The highest BCUT2D eigenvalue weighted by atomic mass is 16.5. The maximum atomic E-state index is 12.6. The zero-order chi connectivity index (χ0) is 19.7. The molecule has 0 bridgehead atoms. The van der Waals surface area contributed by atoms with Crippen LogP contribution in [-0.2, 0) is 11.3 Å². The number of carbonyl (C=O) groups excluding carboxylic acids is 1. The summed E-state index contributed by atoms with van der Waals surface area (Å²) < 4.78 is 18.4. The number of hydrogen-bond donors (Lipinski definition) is 1. The van der Waals surface area contributed by atoms with Crippen molar-refractivity contribution < 1.29 is 18.7 Å². The Hall–Kier alpha value is -3.41. The molecule has 0 aliphatic heterocycles. The fourth-order valence-corrected chi connectivity index (χ4v) is 3.39. The number of fused-ring (bicyclic) bond motifs is 2. The molecule has 2 aromatic heterocycles. The molecule has 2 aromatic carbocycles. The second-order valence-corrected chi connectivity index (χ2v) is 6.68. The molecule has 1 N–H and O–H groups in total. The van der Waals surface area contributed by atoms with E-state index in [2.05, 4.69) is 5.32 Å². The number of carbonyl (C=O) groups is 1. The van der Waals surface area contributed by atoms with Crippen LogP contribution in [0.1, 0.15) is 18.7 Å². The number of nitrogens with one attached hydrogen (secondary N) is 1. The number of hydrogen-bond acceptors (Lipinski definition) is 4. The molecule has 0 aliphatic rings. The minimum Gasteiger partial charge on any atom is -0.497 e. The van der Waals surface area contributed by atoms with Crippen molar-refractivity contribution in [2.75, 3.05) is 14.2 Å². The van der Waals surface area contributed by atoms with Crippen molar-refractivity contribution in [3.63, 3.8) is 0 Å². The van der Waals surface area contributed by atoms with E-state index in [1.807, 2.05) is 66.2 Å². The lowest BCUT2D eigenvalue weighted by Crippen LogP contribution is -2.29. The van der Waals surface area contributed by atoms with Crippen LogP contribution in [0, 0.1) is 0 Å². The van der Waals surface area contributed by atoms with Gasteiger partial charge in [0.05, 0.1) is 20.3 Å². The van der Waals surface area contributed by atoms with Gasteiger partial charge in [0.15, 0.2) is 11.3 Å². The molecule has 6 heteroatoms. The zero-order valence-electron chi connectivity index (χ0n) is 16.1. The fourth-order valence-electron chi connectivity index (χ4n) is 3.39. The average molecular weight is 378 g/mol. The number of para-hydroxylation sites is 1. The highest BCUT2D eigenvalue weighted by Gasteiger charge is 2.16. The van der Waals surface area contributed by atoms with Gasteiger partial charge in [-0.1, -0.05) is 12.1 Å². The van der Waals surface area contributed by atoms with Crippen LogP contribution in [0.25, 0.3) is 21.9 Å². The van der Waals surface area contributed by atoms with Crippen molar-refractivity contribution in [1.29, 1.82) is 0 Å². The largest absolute Gasteiger partial charge is 0.497 e. The SMILES string of the molecule is COc1ccc2c(ccn2CC(=O)NC(C)c2cc3cccc(OC)c3o2)c1. The first-order valence-electron chi connectivity index (χ1n) is 9.07. The van der Waals surface area contributed by atoms with Gasteiger partial charge in [-0.25, -0.2) is 0 Å². The molecule has 0 spiro atoms. The number of furan rings is 1. The first kappa shape index (κ1) is 18.0. The van der Waals surface area contributed by atoms with E-state index in [-0.39, 0.29) is 18.5 Å². The number of amides is 1. The van der Waals surface area contributed by atoms with Crippen molar-refractivity contribution in [3.8, 4) is 11.5 Å². The Bertz CT molecular complexity index is 1140. The quantitative estimate of drug-likeness (QED) is 0.544. The Morgan fingerprint density at radius 3 is 2.75 bits per heavy atom. The van der Waals surface area contributed by atoms with Crippen LogP contribution >= 0.6 is 0 Å². The molecule has 0 saturated carbocycles. The highest BCUT2D eigenvalue weighted by molar-refractivity contribution is 5.85. The van der Waals surface area contributed by atoms with E-state index in [1.54, 1.807) is 14.2 Å². The molecule has 0 aliphatic carbocycles. The third-order valence-electron chi connectivity index (χ3n) is 4.84. The molecule has 1 unspecified atom stereocenters. The molecule has 144 valence electrons. The lowest BCUT2D eigenvalue weighted by Gasteiger charge is -2.12. The predicted octanol–water partition coefficient (Wildman–Crippen LogP) is 4.28. The molecular weight excluding hydrogens is 356 g/mol. The van der Waals surface area contributed by atoms with Crippen molar-refractivity contribution in [1.82, 2.24) is 9.88 Å². The maximum Gasteiger partial charge on any atom is 0.240 e. The number of benzene rings is 2. The molecule has 2 heterocycles. The first-order valence-corrected chi connectivity index (χ1v) is 9.07. The number of nitrogens with zero attached hydrogens (tertiary/aromatic N) is 1. The molecule has 1 amide bonds. The summed E-state index contributed by atoms with van der Waals surface area (Å²) in [5.41, 5.74) is 1.67. The van der Waals surface area contributed by atoms with Gasteiger partial charge in [-0.2, -0.15) is 0 Å². The maximum absolute atomic E-state index is 12.6. The van der Waals surface area contributed by atoms with Crippen LogP contribution in [0.4, 0.5) is 0 Å². The molecule has 4 rings (SSSR count). The molecule has 0 fully saturated rings. The summed E-state index contributed by atoms with van der Waals surface area (Å²) in [6, 6.07) is 15.2. The Labute approximate surface area is 162 Å². The monoisotopic (exact) mass is 378 g/mol. The van der Waals surface area contributed by atoms with E-state index in [1.165, 1.54) is 0 Å². The normalized spacial score (nSPS) is 12.2. The molecule has 28 heavy (non-hydrogen) atoms. The van der Waals surface area contributed by atoms with E-state index in [4.69, 9.17) is 13.9 Å². The molecule has 4 aromatic rings. The average Bonchev–Trinajstić information content (AvgIpc) is 3.31. The summed E-state index contributed by atoms with van der Waals surface area (Å²) in [6.07, 6.45) is 1.90. The highest BCUT2D eigenvalue weighted by Crippen LogP contribution is 2.31. The summed E-state index contributed by atoms with van der Waals surface area (Å²) >= 11 is 0. The van der Waals surface area contributed by atoms with E-state index >= 15 is 0 Å². The van der Waals surface area contributed by atoms with Gasteiger partial charge >= 0.3 is 0 Å². The van der Waals surface area contributed by atoms with Crippen molar-refractivity contribution in [3.05, 3.63) is 60.5 Å². The predicted molar refractivity (Wildman–Crippen MR) is 108 cm³/mol. The zero-order valence-corrected chi connectivity index (χ0v) is 16.1. The van der Waals surface area contributed by atoms with Gasteiger partial charge in [0.1, 0.15) is 18.1 Å². The molecule has 0 saturated heterocycles. The Morgan fingerprint density at radius 2 is 1.96 bits per heavy atom. The van der Waals surface area contributed by atoms with Crippen molar-refractivity contribution >= 4 is 27.8 Å². The topological polar surface area (TPSA) is 65.6 Å². The fraction of sp³-hybridized carbons (Fsp3) is 0.227. The summed E-state index contributed by atoms with van der Waals surface area (Å²) in [5.74, 6) is 2.07. The summed E-state index contributed by atoms with van der Waals surface area (Å²) in [5, 5.41) is 4.98. The second-order valence-electron chi connectivity index (χ2n) is 6.68. The Morgan fingerprint density at radius 1 is 1.11 bits per heavy atom. The number of ether oxygens (including phenoxy) is 2. The van der Waals surface area contributed by atoms with Gasteiger partial charge < -0.3 is 23.8 Å². The third-order valence-corrected chi connectivity index (χ3v) is 4.84. The van der Waals surface area contributed by atoms with Crippen LogP contribution in [0.15, 0.2) is 59.1 Å². The number of aromatic nitrogens is 1. The Kier molecular flexibility index (Phi) is 4.69. The van der Waals surface area contributed by atoms with E-state index in [0.29, 0.717) is 17.1 Å². The van der Waals surface area contributed by atoms with Crippen LogP contribution in [0.3, 0.4) is 0 Å². The molecule has 0 radical (unpaired) electrons. The number of rotatable bonds is 6. The van der Waals surface area contributed by atoms with Crippen LogP contribution in [0.5, 0.6) is 11.5 Å². The van der Waals surface area contributed by atoms with Gasteiger partial charge in [-0.05, 0) is 43.3 Å². The minimum atomic E-state index is -0.258.